The number of aldehydes is 1. The first-order valence-electron chi connectivity index (χ1n) is 5.20. The Morgan fingerprint density at radius 1 is 1.05 bits per heavy atom. The summed E-state index contributed by atoms with van der Waals surface area (Å²) < 4.78 is 50.6. The van der Waals surface area contributed by atoms with Crippen LogP contribution in [0.3, 0.4) is 0 Å². The minimum atomic E-state index is -4.80. The molecule has 0 bridgehead atoms. The van der Waals surface area contributed by atoms with Crippen molar-refractivity contribution in [2.45, 2.75) is 6.18 Å². The third kappa shape index (κ3) is 2.78. The lowest BCUT2D eigenvalue weighted by atomic mass is 10.0. The van der Waals surface area contributed by atoms with Gasteiger partial charge in [0.1, 0.15) is 11.8 Å². The van der Waals surface area contributed by atoms with Crippen molar-refractivity contribution in [3.8, 4) is 11.1 Å². The largest absolute Gasteiger partial charge is 0.420 e. The molecule has 0 unspecified atom stereocenters. The molecule has 0 fully saturated rings. The van der Waals surface area contributed by atoms with Gasteiger partial charge < -0.3 is 0 Å². The number of hydrogen-bond acceptors (Lipinski definition) is 2. The van der Waals surface area contributed by atoms with E-state index in [9.17, 15) is 22.4 Å². The molecular formula is C13H7F4NO. The summed E-state index contributed by atoms with van der Waals surface area (Å²) in [4.78, 5) is 13.6. The Bertz CT molecular complexity index is 605. The number of carbonyl (C=O) groups excluding carboxylic acids is 1. The van der Waals surface area contributed by atoms with Gasteiger partial charge in [-0.25, -0.2) is 4.98 Å². The summed E-state index contributed by atoms with van der Waals surface area (Å²) in [6, 6.07) is 6.55. The van der Waals surface area contributed by atoms with E-state index in [1.54, 1.807) is 0 Å². The molecule has 6 heteroatoms. The van der Waals surface area contributed by atoms with Crippen LogP contribution in [0.5, 0.6) is 0 Å². The van der Waals surface area contributed by atoms with E-state index in [4.69, 9.17) is 0 Å². The van der Waals surface area contributed by atoms with Crippen molar-refractivity contribution in [1.82, 2.24) is 4.98 Å². The molecule has 2 aromatic rings. The van der Waals surface area contributed by atoms with E-state index in [-0.39, 0.29) is 5.56 Å². The highest BCUT2D eigenvalue weighted by atomic mass is 19.4. The SMILES string of the molecule is O=Cc1ccc(-c2cnc(F)c(C(F)(F)F)c2)cc1. The van der Waals surface area contributed by atoms with Crippen molar-refractivity contribution in [3.05, 3.63) is 53.6 Å². The smallest absolute Gasteiger partial charge is 0.298 e. The molecule has 1 aromatic carbocycles. The zero-order valence-corrected chi connectivity index (χ0v) is 9.41. The molecule has 2 nitrogen and oxygen atoms in total. The number of alkyl halides is 3. The number of rotatable bonds is 2. The Morgan fingerprint density at radius 3 is 2.21 bits per heavy atom. The Morgan fingerprint density at radius 2 is 1.68 bits per heavy atom. The fourth-order valence-electron chi connectivity index (χ4n) is 1.56. The maximum Gasteiger partial charge on any atom is 0.420 e. The maximum absolute atomic E-state index is 13.0. The molecule has 0 saturated carbocycles. The molecule has 2 rings (SSSR count). The number of nitrogens with zero attached hydrogens (tertiary/aromatic N) is 1. The summed E-state index contributed by atoms with van der Waals surface area (Å²) in [5.74, 6) is -1.55. The van der Waals surface area contributed by atoms with Crippen molar-refractivity contribution in [1.29, 1.82) is 0 Å². The normalized spacial score (nSPS) is 11.4. The van der Waals surface area contributed by atoms with Crippen LogP contribution in [0, 0.1) is 5.95 Å². The van der Waals surface area contributed by atoms with Gasteiger partial charge in [-0.1, -0.05) is 24.3 Å². The molecule has 0 N–H and O–H groups in total. The molecule has 0 amide bonds. The molecular weight excluding hydrogens is 262 g/mol. The summed E-state index contributed by atoms with van der Waals surface area (Å²) >= 11 is 0. The fraction of sp³-hybridized carbons (Fsp3) is 0.0769. The number of hydrogen-bond donors (Lipinski definition) is 0. The standard InChI is InChI=1S/C13H7F4NO/c14-12-11(13(15,16)17)5-10(6-18-12)9-3-1-8(7-19)2-4-9/h1-7H. The van der Waals surface area contributed by atoms with Crippen molar-refractivity contribution in [3.63, 3.8) is 0 Å². The molecule has 1 aromatic heterocycles. The molecule has 0 aliphatic carbocycles. The average molecular weight is 269 g/mol. The number of pyridine rings is 1. The Hall–Kier alpha value is -2.24. The van der Waals surface area contributed by atoms with Gasteiger partial charge >= 0.3 is 6.18 Å². The lowest BCUT2D eigenvalue weighted by Crippen LogP contribution is -2.09. The van der Waals surface area contributed by atoms with Gasteiger partial charge in [0.15, 0.2) is 0 Å². The van der Waals surface area contributed by atoms with Crippen molar-refractivity contribution < 1.29 is 22.4 Å². The van der Waals surface area contributed by atoms with Crippen molar-refractivity contribution in [2.75, 3.05) is 0 Å². The molecule has 19 heavy (non-hydrogen) atoms. The second-order valence-corrected chi connectivity index (χ2v) is 3.80. The minimum Gasteiger partial charge on any atom is -0.298 e. The lowest BCUT2D eigenvalue weighted by molar-refractivity contribution is -0.140. The van der Waals surface area contributed by atoms with E-state index >= 15 is 0 Å². The number of benzene rings is 1. The van der Waals surface area contributed by atoms with E-state index < -0.39 is 17.7 Å². The van der Waals surface area contributed by atoms with Crippen LogP contribution >= 0.6 is 0 Å². The van der Waals surface area contributed by atoms with Crippen LogP contribution in [-0.2, 0) is 6.18 Å². The topological polar surface area (TPSA) is 30.0 Å². The highest BCUT2D eigenvalue weighted by Crippen LogP contribution is 2.33. The Balaban J connectivity index is 2.48. The predicted molar refractivity (Wildman–Crippen MR) is 60.0 cm³/mol. The summed E-state index contributed by atoms with van der Waals surface area (Å²) in [7, 11) is 0. The lowest BCUT2D eigenvalue weighted by Gasteiger charge is -2.09. The quantitative estimate of drug-likeness (QED) is 0.472. The summed E-state index contributed by atoms with van der Waals surface area (Å²) in [6.07, 6.45) is -3.16. The summed E-state index contributed by atoms with van der Waals surface area (Å²) in [6.45, 7) is 0. The highest BCUT2D eigenvalue weighted by Gasteiger charge is 2.35. The number of aromatic nitrogens is 1. The first-order valence-corrected chi connectivity index (χ1v) is 5.20. The van der Waals surface area contributed by atoms with Gasteiger partial charge in [-0.3, -0.25) is 4.79 Å². The van der Waals surface area contributed by atoms with Gasteiger partial charge in [0.25, 0.3) is 0 Å². The first-order chi connectivity index (χ1) is 8.91. The molecule has 98 valence electrons. The van der Waals surface area contributed by atoms with E-state index in [0.29, 0.717) is 23.5 Å². The van der Waals surface area contributed by atoms with Gasteiger partial charge in [-0.05, 0) is 11.6 Å². The van der Waals surface area contributed by atoms with Gasteiger partial charge in [-0.2, -0.15) is 17.6 Å². The maximum atomic E-state index is 13.0. The molecule has 1 heterocycles. The van der Waals surface area contributed by atoms with Crippen LogP contribution in [0.1, 0.15) is 15.9 Å². The van der Waals surface area contributed by atoms with Crippen LogP contribution in [0.15, 0.2) is 36.5 Å². The Kier molecular flexibility index (Phi) is 3.33. The van der Waals surface area contributed by atoms with Crippen LogP contribution in [-0.4, -0.2) is 11.3 Å². The molecule has 0 aliphatic heterocycles. The second kappa shape index (κ2) is 4.79. The zero-order valence-electron chi connectivity index (χ0n) is 9.41. The molecule has 0 saturated heterocycles. The summed E-state index contributed by atoms with van der Waals surface area (Å²) in [5.41, 5.74) is -0.464. The van der Waals surface area contributed by atoms with E-state index in [2.05, 4.69) is 4.98 Å². The Labute approximate surface area is 105 Å². The zero-order chi connectivity index (χ0) is 14.0. The van der Waals surface area contributed by atoms with E-state index in [0.717, 1.165) is 6.20 Å². The van der Waals surface area contributed by atoms with E-state index in [1.807, 2.05) is 0 Å². The first kappa shape index (κ1) is 13.2. The second-order valence-electron chi connectivity index (χ2n) is 3.80. The van der Waals surface area contributed by atoms with Crippen molar-refractivity contribution >= 4 is 6.29 Å². The van der Waals surface area contributed by atoms with Crippen LogP contribution in [0.2, 0.25) is 0 Å². The minimum absolute atomic E-state index is 0.131. The molecule has 0 radical (unpaired) electrons. The van der Waals surface area contributed by atoms with Gasteiger partial charge in [0, 0.05) is 17.3 Å². The van der Waals surface area contributed by atoms with Crippen LogP contribution in [0.25, 0.3) is 11.1 Å². The molecule has 0 spiro atoms. The van der Waals surface area contributed by atoms with Gasteiger partial charge in [0.2, 0.25) is 5.95 Å². The highest BCUT2D eigenvalue weighted by molar-refractivity contribution is 5.76. The third-order valence-corrected chi connectivity index (χ3v) is 2.52. The van der Waals surface area contributed by atoms with E-state index in [1.165, 1.54) is 24.3 Å². The van der Waals surface area contributed by atoms with Gasteiger partial charge in [0.05, 0.1) is 0 Å². The average Bonchev–Trinajstić information content (AvgIpc) is 2.38. The molecule has 0 atom stereocenters. The van der Waals surface area contributed by atoms with Crippen LogP contribution < -0.4 is 0 Å². The monoisotopic (exact) mass is 269 g/mol. The summed E-state index contributed by atoms with van der Waals surface area (Å²) in [5, 5.41) is 0. The van der Waals surface area contributed by atoms with Crippen molar-refractivity contribution in [2.24, 2.45) is 0 Å². The van der Waals surface area contributed by atoms with Gasteiger partial charge in [-0.15, -0.1) is 0 Å². The number of carbonyl (C=O) groups is 1. The van der Waals surface area contributed by atoms with Crippen LogP contribution in [0.4, 0.5) is 17.6 Å². The predicted octanol–water partition coefficient (Wildman–Crippen LogP) is 3.72. The third-order valence-electron chi connectivity index (χ3n) is 2.52. The molecule has 0 aliphatic rings. The fourth-order valence-corrected chi connectivity index (χ4v) is 1.56. The number of halogens is 4.